The third kappa shape index (κ3) is 1.52. The summed E-state index contributed by atoms with van der Waals surface area (Å²) in [4.78, 5) is 12.5. The Balaban J connectivity index is 2.04. The Hall–Kier alpha value is -0.870. The normalized spacial score (nSPS) is 46.2. The van der Waals surface area contributed by atoms with E-state index in [0.717, 1.165) is 12.8 Å². The lowest BCUT2D eigenvalue weighted by atomic mass is 9.61. The number of aliphatic hydroxyl groups is 1. The van der Waals surface area contributed by atoms with E-state index >= 15 is 0 Å². The Kier molecular flexibility index (Phi) is 3.04. The number of carbonyl (C=O) groups is 1. The van der Waals surface area contributed by atoms with Crippen LogP contribution in [0.1, 0.15) is 40.0 Å². The van der Waals surface area contributed by atoms with Gasteiger partial charge < -0.3 is 14.6 Å². The second-order valence-electron chi connectivity index (χ2n) is 7.17. The SMILES string of the molecule is CO[C@@H]1OC(=O)[C@@]2(C[C@H]3C=C(C)CC[C@H]3C2(C)C)[C@H]1O. The van der Waals surface area contributed by atoms with Crippen molar-refractivity contribution in [2.24, 2.45) is 22.7 Å². The zero-order chi connectivity index (χ0) is 14.7. The van der Waals surface area contributed by atoms with Gasteiger partial charge in [0.05, 0.1) is 0 Å². The van der Waals surface area contributed by atoms with Crippen LogP contribution in [-0.4, -0.2) is 30.6 Å². The highest BCUT2D eigenvalue weighted by molar-refractivity contribution is 5.82. The third-order valence-electron chi connectivity index (χ3n) is 6.08. The Morgan fingerprint density at radius 3 is 2.75 bits per heavy atom. The molecule has 20 heavy (non-hydrogen) atoms. The van der Waals surface area contributed by atoms with Crippen molar-refractivity contribution in [2.45, 2.75) is 52.4 Å². The summed E-state index contributed by atoms with van der Waals surface area (Å²) in [5, 5.41) is 10.7. The van der Waals surface area contributed by atoms with E-state index in [2.05, 4.69) is 26.8 Å². The van der Waals surface area contributed by atoms with Gasteiger partial charge in [-0.2, -0.15) is 0 Å². The van der Waals surface area contributed by atoms with Gasteiger partial charge in [-0.3, -0.25) is 4.79 Å². The summed E-state index contributed by atoms with van der Waals surface area (Å²) >= 11 is 0. The number of esters is 1. The van der Waals surface area contributed by atoms with Crippen molar-refractivity contribution in [3.05, 3.63) is 11.6 Å². The van der Waals surface area contributed by atoms with Gasteiger partial charge in [0, 0.05) is 7.11 Å². The summed E-state index contributed by atoms with van der Waals surface area (Å²) in [5.41, 5.74) is 0.284. The van der Waals surface area contributed by atoms with Gasteiger partial charge in [-0.15, -0.1) is 0 Å². The molecule has 1 saturated carbocycles. The molecule has 1 heterocycles. The second kappa shape index (κ2) is 4.31. The number of aliphatic hydroxyl groups excluding tert-OH is 1. The summed E-state index contributed by atoms with van der Waals surface area (Å²) in [6, 6.07) is 0. The number of carbonyl (C=O) groups excluding carboxylic acids is 1. The average molecular weight is 280 g/mol. The van der Waals surface area contributed by atoms with Crippen molar-refractivity contribution >= 4 is 5.97 Å². The lowest BCUT2D eigenvalue weighted by molar-refractivity contribution is -0.166. The maximum Gasteiger partial charge on any atom is 0.317 e. The number of cyclic esters (lactones) is 1. The van der Waals surface area contributed by atoms with Crippen LogP contribution < -0.4 is 0 Å². The topological polar surface area (TPSA) is 55.8 Å². The Morgan fingerprint density at radius 1 is 1.45 bits per heavy atom. The number of rotatable bonds is 1. The van der Waals surface area contributed by atoms with Crippen LogP contribution in [0.15, 0.2) is 11.6 Å². The first-order chi connectivity index (χ1) is 9.34. The number of ether oxygens (including phenoxy) is 2. The molecule has 0 bridgehead atoms. The summed E-state index contributed by atoms with van der Waals surface area (Å²) in [6.07, 6.45) is 3.42. The molecular formula is C16H24O4. The molecule has 0 radical (unpaired) electrons. The summed E-state index contributed by atoms with van der Waals surface area (Å²) in [5.74, 6) is 0.489. The highest BCUT2D eigenvalue weighted by atomic mass is 16.7. The molecule has 0 aromatic carbocycles. The maximum atomic E-state index is 12.5. The molecule has 1 spiro atoms. The molecule has 0 unspecified atom stereocenters. The predicted octanol–water partition coefficient (Wildman–Crippen LogP) is 2.27. The van der Waals surface area contributed by atoms with Crippen molar-refractivity contribution < 1.29 is 19.4 Å². The van der Waals surface area contributed by atoms with Crippen LogP contribution in [0.5, 0.6) is 0 Å². The molecule has 4 heteroatoms. The summed E-state index contributed by atoms with van der Waals surface area (Å²) < 4.78 is 10.4. The quantitative estimate of drug-likeness (QED) is 0.591. The summed E-state index contributed by atoms with van der Waals surface area (Å²) in [6.45, 7) is 6.36. The van der Waals surface area contributed by atoms with Crippen molar-refractivity contribution in [3.63, 3.8) is 0 Å². The first kappa shape index (κ1) is 14.1. The minimum atomic E-state index is -0.880. The van der Waals surface area contributed by atoms with Crippen molar-refractivity contribution in [3.8, 4) is 0 Å². The standard InChI is InChI=1S/C16H24O4/c1-9-5-6-11-10(7-9)8-16(15(11,2)3)12(17)13(19-4)20-14(16)18/h7,10-13,17H,5-6,8H2,1-4H3/t10-,11-,12+,13-,16-/m1/s1. The molecule has 1 saturated heterocycles. The molecule has 4 nitrogen and oxygen atoms in total. The number of allylic oxidation sites excluding steroid dienone is 2. The highest BCUT2D eigenvalue weighted by Crippen LogP contribution is 2.66. The van der Waals surface area contributed by atoms with Gasteiger partial charge in [0.15, 0.2) is 0 Å². The fraction of sp³-hybridized carbons (Fsp3) is 0.812. The highest BCUT2D eigenvalue weighted by Gasteiger charge is 2.71. The number of hydrogen-bond donors (Lipinski definition) is 1. The molecule has 112 valence electrons. The first-order valence-electron chi connectivity index (χ1n) is 7.44. The van der Waals surface area contributed by atoms with E-state index in [1.807, 2.05) is 0 Å². The fourth-order valence-electron chi connectivity index (χ4n) is 4.88. The minimum absolute atomic E-state index is 0.279. The minimum Gasteiger partial charge on any atom is -0.432 e. The zero-order valence-electron chi connectivity index (χ0n) is 12.7. The average Bonchev–Trinajstić information content (AvgIpc) is 2.77. The Bertz CT molecular complexity index is 467. The predicted molar refractivity (Wildman–Crippen MR) is 73.7 cm³/mol. The van der Waals surface area contributed by atoms with Gasteiger partial charge in [0.1, 0.15) is 11.5 Å². The molecular weight excluding hydrogens is 256 g/mol. The van der Waals surface area contributed by atoms with Gasteiger partial charge >= 0.3 is 5.97 Å². The number of methoxy groups -OCH3 is 1. The molecule has 3 aliphatic rings. The molecule has 0 aromatic rings. The Morgan fingerprint density at radius 2 is 2.15 bits per heavy atom. The number of fused-ring (bicyclic) bond motifs is 1. The second-order valence-corrected chi connectivity index (χ2v) is 7.17. The van der Waals surface area contributed by atoms with Crippen LogP contribution in [0.25, 0.3) is 0 Å². The largest absolute Gasteiger partial charge is 0.432 e. The number of hydrogen-bond acceptors (Lipinski definition) is 4. The van der Waals surface area contributed by atoms with E-state index in [0.29, 0.717) is 18.3 Å². The Labute approximate surface area is 120 Å². The van der Waals surface area contributed by atoms with Crippen molar-refractivity contribution in [2.75, 3.05) is 7.11 Å². The van der Waals surface area contributed by atoms with Crippen LogP contribution in [0.4, 0.5) is 0 Å². The molecule has 1 N–H and O–H groups in total. The van der Waals surface area contributed by atoms with E-state index in [1.54, 1.807) is 0 Å². The molecule has 2 fully saturated rings. The lowest BCUT2D eigenvalue weighted by Crippen LogP contribution is -2.49. The van der Waals surface area contributed by atoms with E-state index in [1.165, 1.54) is 12.7 Å². The van der Waals surface area contributed by atoms with Gasteiger partial charge in [-0.25, -0.2) is 0 Å². The summed E-state index contributed by atoms with van der Waals surface area (Å²) in [7, 11) is 1.47. The smallest absolute Gasteiger partial charge is 0.317 e. The monoisotopic (exact) mass is 280 g/mol. The van der Waals surface area contributed by atoms with Gasteiger partial charge in [0.25, 0.3) is 0 Å². The van der Waals surface area contributed by atoms with E-state index < -0.39 is 17.8 Å². The first-order valence-corrected chi connectivity index (χ1v) is 7.44. The van der Waals surface area contributed by atoms with Crippen molar-refractivity contribution in [1.82, 2.24) is 0 Å². The van der Waals surface area contributed by atoms with Crippen molar-refractivity contribution in [1.29, 1.82) is 0 Å². The van der Waals surface area contributed by atoms with Crippen LogP contribution in [0, 0.1) is 22.7 Å². The van der Waals surface area contributed by atoms with Gasteiger partial charge in [-0.1, -0.05) is 25.5 Å². The van der Waals surface area contributed by atoms with Crippen LogP contribution >= 0.6 is 0 Å². The van der Waals surface area contributed by atoms with E-state index in [9.17, 15) is 9.90 Å². The van der Waals surface area contributed by atoms with Crippen LogP contribution in [-0.2, 0) is 14.3 Å². The van der Waals surface area contributed by atoms with Crippen LogP contribution in [0.3, 0.4) is 0 Å². The molecule has 1 aliphatic heterocycles. The maximum absolute atomic E-state index is 12.5. The van der Waals surface area contributed by atoms with E-state index in [4.69, 9.17) is 9.47 Å². The molecule has 5 atom stereocenters. The molecule has 2 aliphatic carbocycles. The van der Waals surface area contributed by atoms with E-state index in [-0.39, 0.29) is 11.4 Å². The van der Waals surface area contributed by atoms with Crippen LogP contribution in [0.2, 0.25) is 0 Å². The fourth-order valence-corrected chi connectivity index (χ4v) is 4.88. The molecule has 0 amide bonds. The lowest BCUT2D eigenvalue weighted by Gasteiger charge is -2.41. The van der Waals surface area contributed by atoms with Gasteiger partial charge in [0.2, 0.25) is 6.29 Å². The zero-order valence-corrected chi connectivity index (χ0v) is 12.7. The molecule has 0 aromatic heterocycles. The molecule has 3 rings (SSSR count). The van der Waals surface area contributed by atoms with Gasteiger partial charge in [-0.05, 0) is 43.4 Å². The third-order valence-corrected chi connectivity index (χ3v) is 6.08.